The Kier molecular flexibility index (Phi) is 4.02. The van der Waals surface area contributed by atoms with E-state index >= 15 is 0 Å². The van der Waals surface area contributed by atoms with Crippen molar-refractivity contribution < 1.29 is 9.59 Å². The molecule has 0 spiro atoms. The van der Waals surface area contributed by atoms with E-state index in [-0.39, 0.29) is 17.1 Å². The Labute approximate surface area is 145 Å². The van der Waals surface area contributed by atoms with Gasteiger partial charge in [0.05, 0.1) is 16.6 Å². The lowest BCUT2D eigenvalue weighted by atomic mass is 10.1. The molecule has 0 radical (unpaired) electrons. The molecule has 1 saturated heterocycles. The van der Waals surface area contributed by atoms with E-state index in [1.54, 1.807) is 16.7 Å². The van der Waals surface area contributed by atoms with Crippen LogP contribution in [0.15, 0.2) is 53.4 Å². The second-order valence-electron chi connectivity index (χ2n) is 6.07. The maximum Gasteiger partial charge on any atom is 0.238 e. The van der Waals surface area contributed by atoms with Crippen molar-refractivity contribution in [2.75, 3.05) is 16.8 Å². The number of fused-ring (bicyclic) bond motifs is 1. The summed E-state index contributed by atoms with van der Waals surface area (Å²) in [5.41, 5.74) is 2.74. The molecule has 2 heterocycles. The molecular weight excluding hydrogens is 320 g/mol. The van der Waals surface area contributed by atoms with Gasteiger partial charge in [0.25, 0.3) is 0 Å². The van der Waals surface area contributed by atoms with E-state index in [4.69, 9.17) is 0 Å². The molecule has 1 N–H and O–H groups in total. The summed E-state index contributed by atoms with van der Waals surface area (Å²) in [7, 11) is 0. The normalized spacial score (nSPS) is 19.4. The number of hydrogen-bond acceptors (Lipinski definition) is 3. The number of nitrogens with one attached hydrogen (secondary N) is 1. The third-order valence-electron chi connectivity index (χ3n) is 4.47. The van der Waals surface area contributed by atoms with Crippen molar-refractivity contribution in [3.8, 4) is 0 Å². The van der Waals surface area contributed by atoms with Gasteiger partial charge in [-0.15, -0.1) is 11.8 Å². The highest BCUT2D eigenvalue weighted by atomic mass is 32.2. The summed E-state index contributed by atoms with van der Waals surface area (Å²) >= 11 is 1.61. The minimum absolute atomic E-state index is 0.00436. The van der Waals surface area contributed by atoms with Gasteiger partial charge in [0.15, 0.2) is 0 Å². The molecule has 1 unspecified atom stereocenters. The van der Waals surface area contributed by atoms with Crippen molar-refractivity contribution in [2.24, 2.45) is 0 Å². The van der Waals surface area contributed by atoms with Gasteiger partial charge < -0.3 is 10.2 Å². The smallest absolute Gasteiger partial charge is 0.238 e. The molecule has 1 atom stereocenters. The maximum absolute atomic E-state index is 12.7. The van der Waals surface area contributed by atoms with Crippen LogP contribution in [0, 0.1) is 0 Å². The maximum atomic E-state index is 12.7. The zero-order chi connectivity index (χ0) is 16.5. The number of rotatable bonds is 3. The van der Waals surface area contributed by atoms with Crippen LogP contribution in [0.5, 0.6) is 0 Å². The number of carbonyl (C=O) groups is 2. The average Bonchev–Trinajstić information content (AvgIpc) is 3.21. The van der Waals surface area contributed by atoms with Crippen LogP contribution in [0.1, 0.15) is 18.4 Å². The molecule has 24 heavy (non-hydrogen) atoms. The molecule has 0 aliphatic carbocycles. The molecule has 5 heteroatoms. The molecular formula is C19H18N2O2S. The predicted molar refractivity (Wildman–Crippen MR) is 96.4 cm³/mol. The molecule has 122 valence electrons. The predicted octanol–water partition coefficient (Wildman–Crippen LogP) is 3.47. The minimum Gasteiger partial charge on any atom is -0.323 e. The van der Waals surface area contributed by atoms with Gasteiger partial charge in [0, 0.05) is 17.9 Å². The van der Waals surface area contributed by atoms with Crippen LogP contribution in [0.25, 0.3) is 0 Å². The highest BCUT2D eigenvalue weighted by Crippen LogP contribution is 2.38. The van der Waals surface area contributed by atoms with Crippen molar-refractivity contribution in [2.45, 2.75) is 29.4 Å². The Morgan fingerprint density at radius 3 is 2.71 bits per heavy atom. The molecule has 0 saturated carbocycles. The second kappa shape index (κ2) is 6.32. The monoisotopic (exact) mass is 338 g/mol. The Hall–Kier alpha value is -2.27. The molecule has 2 amide bonds. The summed E-state index contributed by atoms with van der Waals surface area (Å²) in [5, 5.41) is 2.91. The van der Waals surface area contributed by atoms with Gasteiger partial charge >= 0.3 is 0 Å². The van der Waals surface area contributed by atoms with Crippen LogP contribution in [-0.4, -0.2) is 23.6 Å². The molecule has 2 aromatic rings. The van der Waals surface area contributed by atoms with Crippen LogP contribution in [-0.2, 0) is 16.0 Å². The van der Waals surface area contributed by atoms with Crippen LogP contribution in [0.4, 0.5) is 11.4 Å². The quantitative estimate of drug-likeness (QED) is 0.932. The van der Waals surface area contributed by atoms with E-state index in [9.17, 15) is 9.59 Å². The topological polar surface area (TPSA) is 49.4 Å². The van der Waals surface area contributed by atoms with E-state index in [1.165, 1.54) is 10.5 Å². The molecule has 0 aromatic heterocycles. The zero-order valence-corrected chi connectivity index (χ0v) is 14.0. The lowest BCUT2D eigenvalue weighted by Crippen LogP contribution is -2.28. The number of thioether (sulfide) groups is 1. The molecule has 2 aliphatic heterocycles. The third kappa shape index (κ3) is 2.80. The molecule has 0 bridgehead atoms. The van der Waals surface area contributed by atoms with Crippen molar-refractivity contribution in [1.29, 1.82) is 0 Å². The first-order chi connectivity index (χ1) is 11.7. The molecule has 2 aromatic carbocycles. The number of amides is 2. The number of para-hydroxylation sites is 2. The van der Waals surface area contributed by atoms with E-state index in [0.717, 1.165) is 25.1 Å². The van der Waals surface area contributed by atoms with Gasteiger partial charge in [-0.25, -0.2) is 0 Å². The first-order valence-electron chi connectivity index (χ1n) is 8.17. The summed E-state index contributed by atoms with van der Waals surface area (Å²) in [5.74, 6) is 0.120. The first-order valence-corrected chi connectivity index (χ1v) is 9.05. The average molecular weight is 338 g/mol. The Morgan fingerprint density at radius 2 is 1.92 bits per heavy atom. The van der Waals surface area contributed by atoms with Crippen LogP contribution < -0.4 is 10.2 Å². The summed E-state index contributed by atoms with van der Waals surface area (Å²) in [6.07, 6.45) is 2.20. The summed E-state index contributed by atoms with van der Waals surface area (Å²) in [6, 6.07) is 15.7. The van der Waals surface area contributed by atoms with Crippen molar-refractivity contribution in [3.05, 3.63) is 54.1 Å². The van der Waals surface area contributed by atoms with E-state index < -0.39 is 0 Å². The molecule has 4 rings (SSSR count). The number of carbonyl (C=O) groups excluding carboxylic acids is 2. The lowest BCUT2D eigenvalue weighted by Gasteiger charge is -2.20. The number of hydrogen-bond donors (Lipinski definition) is 1. The second-order valence-corrected chi connectivity index (χ2v) is 7.32. The molecule has 2 aliphatic rings. The SMILES string of the molecule is O=C(Nc1ccccc1N1CCCC1=O)C1Cc2ccccc2S1. The number of benzene rings is 2. The Morgan fingerprint density at radius 1 is 1.12 bits per heavy atom. The summed E-state index contributed by atoms with van der Waals surface area (Å²) < 4.78 is 0. The van der Waals surface area contributed by atoms with Gasteiger partial charge in [-0.05, 0) is 36.6 Å². The van der Waals surface area contributed by atoms with Gasteiger partial charge in [-0.1, -0.05) is 30.3 Å². The van der Waals surface area contributed by atoms with Crippen LogP contribution >= 0.6 is 11.8 Å². The van der Waals surface area contributed by atoms with E-state index in [2.05, 4.69) is 17.4 Å². The summed E-state index contributed by atoms with van der Waals surface area (Å²) in [4.78, 5) is 27.7. The van der Waals surface area contributed by atoms with Gasteiger partial charge in [-0.2, -0.15) is 0 Å². The number of nitrogens with zero attached hydrogens (tertiary/aromatic N) is 1. The fourth-order valence-electron chi connectivity index (χ4n) is 3.26. The fourth-order valence-corrected chi connectivity index (χ4v) is 4.45. The summed E-state index contributed by atoms with van der Waals surface area (Å²) in [6.45, 7) is 0.718. The van der Waals surface area contributed by atoms with Gasteiger partial charge in [0.1, 0.15) is 0 Å². The molecule has 1 fully saturated rings. The fraction of sp³-hybridized carbons (Fsp3) is 0.263. The first kappa shape index (κ1) is 15.3. The third-order valence-corrected chi connectivity index (χ3v) is 5.78. The Balaban J connectivity index is 1.52. The van der Waals surface area contributed by atoms with Crippen LogP contribution in [0.3, 0.4) is 0 Å². The van der Waals surface area contributed by atoms with Gasteiger partial charge in [-0.3, -0.25) is 9.59 Å². The molecule has 4 nitrogen and oxygen atoms in total. The highest BCUT2D eigenvalue weighted by Gasteiger charge is 2.29. The zero-order valence-electron chi connectivity index (χ0n) is 13.2. The highest BCUT2D eigenvalue weighted by molar-refractivity contribution is 8.01. The van der Waals surface area contributed by atoms with Crippen molar-refractivity contribution in [3.63, 3.8) is 0 Å². The van der Waals surface area contributed by atoms with Crippen molar-refractivity contribution in [1.82, 2.24) is 0 Å². The van der Waals surface area contributed by atoms with Crippen LogP contribution in [0.2, 0.25) is 0 Å². The minimum atomic E-state index is -0.121. The van der Waals surface area contributed by atoms with Gasteiger partial charge in [0.2, 0.25) is 11.8 Å². The Bertz CT molecular complexity index is 780. The van der Waals surface area contributed by atoms with E-state index in [0.29, 0.717) is 12.1 Å². The standard InChI is InChI=1S/C19H18N2O2S/c22-18-10-5-11-21(18)15-8-3-2-7-14(15)20-19(23)17-12-13-6-1-4-9-16(13)24-17/h1-4,6-9,17H,5,10-12H2,(H,20,23). The van der Waals surface area contributed by atoms with E-state index in [1.807, 2.05) is 36.4 Å². The largest absolute Gasteiger partial charge is 0.323 e. The number of anilines is 2. The van der Waals surface area contributed by atoms with Crippen molar-refractivity contribution >= 4 is 35.0 Å². The lowest BCUT2D eigenvalue weighted by molar-refractivity contribution is -0.117.